The molecule has 1 aliphatic heterocycles. The first-order valence-corrected chi connectivity index (χ1v) is 10.6. The van der Waals surface area contributed by atoms with E-state index in [-0.39, 0.29) is 12.3 Å². The highest BCUT2D eigenvalue weighted by atomic mass is 16.5. The highest BCUT2D eigenvalue weighted by Gasteiger charge is 2.22. The zero-order chi connectivity index (χ0) is 21.6. The Bertz CT molecular complexity index is 1040. The average molecular weight is 428 g/mol. The summed E-state index contributed by atoms with van der Waals surface area (Å²) in [5.74, 6) is 2.57. The molecule has 1 aliphatic rings. The number of aromatic nitrogens is 2. The third-order valence-corrected chi connectivity index (χ3v) is 5.66. The summed E-state index contributed by atoms with van der Waals surface area (Å²) in [5.41, 5.74) is 1.04. The van der Waals surface area contributed by atoms with Gasteiger partial charge in [-0.05, 0) is 56.1 Å². The molecule has 0 aliphatic carbocycles. The number of H-pyrrole nitrogens is 2. The number of aliphatic hydroxyl groups excluding tert-OH is 1. The second-order valence-electron chi connectivity index (χ2n) is 7.93. The van der Waals surface area contributed by atoms with Crippen molar-refractivity contribution in [3.05, 3.63) is 52.9 Å². The van der Waals surface area contributed by atoms with Crippen molar-refractivity contribution in [3.63, 3.8) is 0 Å². The molecule has 31 heavy (non-hydrogen) atoms. The van der Waals surface area contributed by atoms with Crippen LogP contribution in [-0.2, 0) is 0 Å². The van der Waals surface area contributed by atoms with E-state index in [2.05, 4.69) is 14.9 Å². The molecule has 0 amide bonds. The predicted molar refractivity (Wildman–Crippen MR) is 118 cm³/mol. The van der Waals surface area contributed by atoms with Crippen LogP contribution >= 0.6 is 0 Å². The molecule has 0 bridgehead atoms. The van der Waals surface area contributed by atoms with Gasteiger partial charge in [0.15, 0.2) is 11.5 Å². The molecule has 0 saturated carbocycles. The van der Waals surface area contributed by atoms with Crippen LogP contribution in [0.4, 0.5) is 0 Å². The summed E-state index contributed by atoms with van der Waals surface area (Å²) >= 11 is 0. The van der Waals surface area contributed by atoms with Crippen LogP contribution in [0.3, 0.4) is 0 Å². The lowest BCUT2D eigenvalue weighted by molar-refractivity contribution is 0.0505. The second kappa shape index (κ2) is 9.89. The third kappa shape index (κ3) is 5.39. The van der Waals surface area contributed by atoms with Gasteiger partial charge in [-0.1, -0.05) is 18.2 Å². The van der Waals surface area contributed by atoms with E-state index in [4.69, 9.17) is 14.2 Å². The third-order valence-electron chi connectivity index (χ3n) is 5.66. The Labute approximate surface area is 180 Å². The van der Waals surface area contributed by atoms with E-state index < -0.39 is 6.10 Å². The zero-order valence-electron chi connectivity index (χ0n) is 17.7. The van der Waals surface area contributed by atoms with Crippen molar-refractivity contribution in [2.45, 2.75) is 18.9 Å². The Balaban J connectivity index is 1.20. The Morgan fingerprint density at radius 1 is 1.03 bits per heavy atom. The van der Waals surface area contributed by atoms with Gasteiger partial charge in [-0.15, -0.1) is 0 Å². The smallest absolute Gasteiger partial charge is 0.323 e. The predicted octanol–water partition coefficient (Wildman–Crippen LogP) is 2.40. The molecule has 8 nitrogen and oxygen atoms in total. The molecule has 2 aromatic carbocycles. The number of nitrogens with zero attached hydrogens (tertiary/aromatic N) is 1. The van der Waals surface area contributed by atoms with Gasteiger partial charge in [-0.3, -0.25) is 0 Å². The van der Waals surface area contributed by atoms with Crippen LogP contribution in [-0.4, -0.2) is 66.0 Å². The number of aromatic amines is 2. The fourth-order valence-corrected chi connectivity index (χ4v) is 3.97. The molecule has 1 unspecified atom stereocenters. The lowest BCUT2D eigenvalue weighted by atomic mass is 9.97. The van der Waals surface area contributed by atoms with Crippen LogP contribution in [0.2, 0.25) is 0 Å². The highest BCUT2D eigenvalue weighted by molar-refractivity contribution is 5.80. The van der Waals surface area contributed by atoms with Gasteiger partial charge in [0, 0.05) is 6.54 Å². The maximum atomic E-state index is 11.5. The minimum atomic E-state index is -0.609. The van der Waals surface area contributed by atoms with Crippen molar-refractivity contribution in [1.29, 1.82) is 0 Å². The minimum absolute atomic E-state index is 0.170. The van der Waals surface area contributed by atoms with E-state index in [0.717, 1.165) is 37.4 Å². The Morgan fingerprint density at radius 3 is 2.55 bits per heavy atom. The second-order valence-corrected chi connectivity index (χ2v) is 7.93. The summed E-state index contributed by atoms with van der Waals surface area (Å²) < 4.78 is 17.1. The lowest BCUT2D eigenvalue weighted by Gasteiger charge is -2.33. The number of β-amino-alcohol motifs (C(OH)–C–C–N with tert-alkyl or cyclic N) is 1. The summed E-state index contributed by atoms with van der Waals surface area (Å²) in [5, 5.41) is 10.4. The number of aliphatic hydroxyl groups is 1. The van der Waals surface area contributed by atoms with Crippen molar-refractivity contribution in [3.8, 4) is 17.2 Å². The van der Waals surface area contributed by atoms with E-state index >= 15 is 0 Å². The number of hydrogen-bond donors (Lipinski definition) is 3. The maximum absolute atomic E-state index is 11.5. The molecule has 8 heteroatoms. The summed E-state index contributed by atoms with van der Waals surface area (Å²) in [4.78, 5) is 19.2. The van der Waals surface area contributed by atoms with Crippen LogP contribution < -0.4 is 19.9 Å². The normalized spacial score (nSPS) is 16.3. The molecule has 2 heterocycles. The number of benzene rings is 2. The Hall–Kier alpha value is -2.97. The van der Waals surface area contributed by atoms with Crippen molar-refractivity contribution in [2.75, 3.05) is 40.0 Å². The van der Waals surface area contributed by atoms with Gasteiger partial charge < -0.3 is 34.2 Å². The topological polar surface area (TPSA) is 99.8 Å². The van der Waals surface area contributed by atoms with Gasteiger partial charge in [0.05, 0.1) is 19.2 Å². The number of imidazole rings is 1. The molecule has 0 radical (unpaired) electrons. The first kappa shape index (κ1) is 21.3. The van der Waals surface area contributed by atoms with Crippen LogP contribution in [0.15, 0.2) is 47.3 Å². The van der Waals surface area contributed by atoms with Crippen LogP contribution in [0.1, 0.15) is 12.8 Å². The molecule has 1 fully saturated rings. The fraction of sp³-hybridized carbons (Fsp3) is 0.435. The Kier molecular flexibility index (Phi) is 6.79. The molecular formula is C23H29N3O5. The fourth-order valence-electron chi connectivity index (χ4n) is 3.97. The van der Waals surface area contributed by atoms with E-state index in [0.29, 0.717) is 35.9 Å². The average Bonchev–Trinajstić information content (AvgIpc) is 3.18. The minimum Gasteiger partial charge on any atom is -0.493 e. The van der Waals surface area contributed by atoms with Crippen molar-refractivity contribution in [1.82, 2.24) is 14.9 Å². The van der Waals surface area contributed by atoms with Crippen molar-refractivity contribution in [2.24, 2.45) is 5.92 Å². The van der Waals surface area contributed by atoms with Crippen LogP contribution in [0.5, 0.6) is 17.2 Å². The molecule has 1 aromatic heterocycles. The molecular weight excluding hydrogens is 398 g/mol. The number of piperidine rings is 1. The molecule has 3 aromatic rings. The molecule has 166 valence electrons. The largest absolute Gasteiger partial charge is 0.493 e. The summed E-state index contributed by atoms with van der Waals surface area (Å²) in [6.45, 7) is 3.22. The molecule has 3 N–H and O–H groups in total. The maximum Gasteiger partial charge on any atom is 0.323 e. The van der Waals surface area contributed by atoms with Gasteiger partial charge in [-0.2, -0.15) is 0 Å². The number of para-hydroxylation sites is 3. The molecule has 4 rings (SSSR count). The van der Waals surface area contributed by atoms with E-state index in [1.54, 1.807) is 19.2 Å². The number of ether oxygens (including phenoxy) is 3. The van der Waals surface area contributed by atoms with E-state index in [9.17, 15) is 9.90 Å². The number of hydrogen-bond acceptors (Lipinski definition) is 6. The van der Waals surface area contributed by atoms with E-state index in [1.807, 2.05) is 30.3 Å². The van der Waals surface area contributed by atoms with Crippen molar-refractivity contribution >= 4 is 11.0 Å². The van der Waals surface area contributed by atoms with Crippen molar-refractivity contribution < 1.29 is 19.3 Å². The van der Waals surface area contributed by atoms with Gasteiger partial charge in [-0.25, -0.2) is 4.79 Å². The van der Waals surface area contributed by atoms with Gasteiger partial charge >= 0.3 is 5.69 Å². The van der Waals surface area contributed by atoms with E-state index in [1.165, 1.54) is 0 Å². The van der Waals surface area contributed by atoms with Gasteiger partial charge in [0.25, 0.3) is 0 Å². The first-order chi connectivity index (χ1) is 15.1. The first-order valence-electron chi connectivity index (χ1n) is 10.6. The number of methoxy groups -OCH3 is 1. The zero-order valence-corrected chi connectivity index (χ0v) is 17.7. The number of rotatable bonds is 9. The summed E-state index contributed by atoms with van der Waals surface area (Å²) in [6, 6.07) is 13.1. The molecule has 1 atom stereocenters. The van der Waals surface area contributed by atoms with Crippen LogP contribution in [0, 0.1) is 5.92 Å². The standard InChI is InChI=1S/C23H29N3O5/c1-29-19-6-2-3-7-20(19)30-14-16-9-11-26(12-10-16)13-17(27)15-31-21-8-4-5-18-22(21)25-23(28)24-18/h2-8,16-17,27H,9-15H2,1H3,(H2,24,25,28). The number of fused-ring (bicyclic) bond motifs is 1. The molecule has 1 saturated heterocycles. The highest BCUT2D eigenvalue weighted by Crippen LogP contribution is 2.27. The lowest BCUT2D eigenvalue weighted by Crippen LogP contribution is -2.41. The summed E-state index contributed by atoms with van der Waals surface area (Å²) in [6.07, 6.45) is 1.43. The number of nitrogens with one attached hydrogen (secondary N) is 2. The SMILES string of the molecule is COc1ccccc1OCC1CCN(CC(O)COc2cccc3[nH]c(=O)[nH]c23)CC1. The van der Waals surface area contributed by atoms with Crippen LogP contribution in [0.25, 0.3) is 11.0 Å². The number of likely N-dealkylation sites (tertiary alicyclic amines) is 1. The summed E-state index contributed by atoms with van der Waals surface area (Å²) in [7, 11) is 1.65. The molecule has 0 spiro atoms. The van der Waals surface area contributed by atoms with Gasteiger partial charge in [0.1, 0.15) is 24.0 Å². The van der Waals surface area contributed by atoms with Gasteiger partial charge in [0.2, 0.25) is 0 Å². The quantitative estimate of drug-likeness (QED) is 0.485. The Morgan fingerprint density at radius 2 is 1.77 bits per heavy atom. The monoisotopic (exact) mass is 427 g/mol.